The standard InChI is InChI=1S/C10H9NO6/c12-4-9(14)6-1-7(10(15)5-13)3-8(2-6)11(16)17/h1-3,12-13H,4-5H2. The number of rotatable bonds is 5. The predicted octanol–water partition coefficient (Wildman–Crippen LogP) is -0.0552. The number of aliphatic hydroxyl groups excluding tert-OH is 2. The third-order valence-electron chi connectivity index (χ3n) is 2.06. The molecular weight excluding hydrogens is 230 g/mol. The zero-order valence-corrected chi connectivity index (χ0v) is 8.62. The van der Waals surface area contributed by atoms with Crippen molar-refractivity contribution in [3.8, 4) is 0 Å². The van der Waals surface area contributed by atoms with Crippen LogP contribution in [-0.4, -0.2) is 39.9 Å². The number of nitrogens with zero attached hydrogens (tertiary/aromatic N) is 1. The van der Waals surface area contributed by atoms with E-state index in [1.54, 1.807) is 0 Å². The maximum atomic E-state index is 11.2. The lowest BCUT2D eigenvalue weighted by molar-refractivity contribution is -0.384. The van der Waals surface area contributed by atoms with Gasteiger partial charge in [-0.05, 0) is 6.07 Å². The number of nitro groups is 1. The molecule has 1 rings (SSSR count). The molecule has 7 nitrogen and oxygen atoms in total. The van der Waals surface area contributed by atoms with Crippen LogP contribution in [0.15, 0.2) is 18.2 Å². The van der Waals surface area contributed by atoms with Crippen molar-refractivity contribution in [2.75, 3.05) is 13.2 Å². The smallest absolute Gasteiger partial charge is 0.270 e. The van der Waals surface area contributed by atoms with Crippen LogP contribution in [0.2, 0.25) is 0 Å². The maximum Gasteiger partial charge on any atom is 0.270 e. The Labute approximate surface area is 95.5 Å². The van der Waals surface area contributed by atoms with Crippen molar-refractivity contribution in [2.24, 2.45) is 0 Å². The molecule has 17 heavy (non-hydrogen) atoms. The van der Waals surface area contributed by atoms with Gasteiger partial charge >= 0.3 is 0 Å². The molecule has 0 heterocycles. The number of nitro benzene ring substituents is 1. The molecule has 0 spiro atoms. The third-order valence-corrected chi connectivity index (χ3v) is 2.06. The van der Waals surface area contributed by atoms with Crippen LogP contribution in [0.3, 0.4) is 0 Å². The topological polar surface area (TPSA) is 118 Å². The molecule has 0 bridgehead atoms. The summed E-state index contributed by atoms with van der Waals surface area (Å²) in [5.41, 5.74) is -0.724. The minimum Gasteiger partial charge on any atom is -0.388 e. The quantitative estimate of drug-likeness (QED) is 0.422. The molecule has 0 aromatic heterocycles. The monoisotopic (exact) mass is 239 g/mol. The molecule has 0 atom stereocenters. The van der Waals surface area contributed by atoms with Crippen molar-refractivity contribution in [1.82, 2.24) is 0 Å². The second-order valence-electron chi connectivity index (χ2n) is 3.19. The fourth-order valence-corrected chi connectivity index (χ4v) is 1.22. The molecule has 0 fully saturated rings. The summed E-state index contributed by atoms with van der Waals surface area (Å²) in [6.07, 6.45) is 0. The first-order chi connectivity index (χ1) is 7.99. The van der Waals surface area contributed by atoms with E-state index in [-0.39, 0.29) is 11.1 Å². The highest BCUT2D eigenvalue weighted by Gasteiger charge is 2.16. The van der Waals surface area contributed by atoms with Crippen molar-refractivity contribution in [3.63, 3.8) is 0 Å². The minimum absolute atomic E-state index is 0.140. The van der Waals surface area contributed by atoms with Crippen LogP contribution in [0.5, 0.6) is 0 Å². The number of Topliss-reactive ketones (excluding diaryl/α,β-unsaturated/α-hetero) is 2. The Morgan fingerprint density at radius 1 is 1.06 bits per heavy atom. The molecule has 0 aliphatic rings. The van der Waals surface area contributed by atoms with Gasteiger partial charge in [0, 0.05) is 23.3 Å². The number of aliphatic hydroxyl groups is 2. The van der Waals surface area contributed by atoms with Gasteiger partial charge in [0.25, 0.3) is 5.69 Å². The summed E-state index contributed by atoms with van der Waals surface area (Å²) in [7, 11) is 0. The first-order valence-electron chi connectivity index (χ1n) is 4.57. The average Bonchev–Trinajstić information content (AvgIpc) is 2.36. The van der Waals surface area contributed by atoms with Crippen LogP contribution in [0.25, 0.3) is 0 Å². The van der Waals surface area contributed by atoms with Crippen LogP contribution in [0.1, 0.15) is 20.7 Å². The van der Waals surface area contributed by atoms with Gasteiger partial charge in [-0.2, -0.15) is 0 Å². The van der Waals surface area contributed by atoms with Gasteiger partial charge in [0.05, 0.1) is 4.92 Å². The van der Waals surface area contributed by atoms with Crippen LogP contribution in [0.4, 0.5) is 5.69 Å². The van der Waals surface area contributed by atoms with Gasteiger partial charge < -0.3 is 10.2 Å². The largest absolute Gasteiger partial charge is 0.388 e. The molecule has 2 N–H and O–H groups in total. The number of hydrogen-bond acceptors (Lipinski definition) is 6. The molecule has 0 aliphatic heterocycles. The molecule has 7 heteroatoms. The number of non-ortho nitro benzene ring substituents is 1. The summed E-state index contributed by atoms with van der Waals surface area (Å²) in [5.74, 6) is -1.47. The summed E-state index contributed by atoms with van der Waals surface area (Å²) < 4.78 is 0. The van der Waals surface area contributed by atoms with E-state index in [4.69, 9.17) is 10.2 Å². The highest BCUT2D eigenvalue weighted by Crippen LogP contribution is 2.18. The van der Waals surface area contributed by atoms with Crippen molar-refractivity contribution in [1.29, 1.82) is 0 Å². The van der Waals surface area contributed by atoms with Gasteiger partial charge in [0.1, 0.15) is 13.2 Å². The average molecular weight is 239 g/mol. The number of carbonyl (C=O) groups excluding carboxylic acids is 2. The Morgan fingerprint density at radius 3 is 1.76 bits per heavy atom. The van der Waals surface area contributed by atoms with E-state index in [9.17, 15) is 19.7 Å². The molecule has 0 radical (unpaired) electrons. The molecular formula is C10H9NO6. The fraction of sp³-hybridized carbons (Fsp3) is 0.200. The Bertz CT molecular complexity index is 447. The lowest BCUT2D eigenvalue weighted by Gasteiger charge is -2.02. The number of carbonyl (C=O) groups is 2. The van der Waals surface area contributed by atoms with Gasteiger partial charge in [-0.15, -0.1) is 0 Å². The maximum absolute atomic E-state index is 11.2. The molecule has 0 saturated heterocycles. The molecule has 1 aromatic carbocycles. The van der Waals surface area contributed by atoms with Gasteiger partial charge in [-0.3, -0.25) is 19.7 Å². The van der Waals surface area contributed by atoms with Crippen molar-refractivity contribution in [3.05, 3.63) is 39.4 Å². The third kappa shape index (κ3) is 2.92. The SMILES string of the molecule is O=C(CO)c1cc(C(=O)CO)cc([N+](=O)[O-])c1. The Hall–Kier alpha value is -2.12. The summed E-state index contributed by atoms with van der Waals surface area (Å²) in [5, 5.41) is 27.9. The zero-order valence-electron chi connectivity index (χ0n) is 8.62. The van der Waals surface area contributed by atoms with Gasteiger partial charge in [-0.1, -0.05) is 0 Å². The van der Waals surface area contributed by atoms with E-state index < -0.39 is 35.4 Å². The Kier molecular flexibility index (Phi) is 4.02. The van der Waals surface area contributed by atoms with Crippen LogP contribution < -0.4 is 0 Å². The number of hydrogen-bond donors (Lipinski definition) is 2. The molecule has 0 unspecified atom stereocenters. The molecule has 0 amide bonds. The van der Waals surface area contributed by atoms with Crippen molar-refractivity contribution < 1.29 is 24.7 Å². The highest BCUT2D eigenvalue weighted by molar-refractivity contribution is 6.03. The first kappa shape index (κ1) is 12.9. The van der Waals surface area contributed by atoms with E-state index in [2.05, 4.69) is 0 Å². The van der Waals surface area contributed by atoms with Crippen molar-refractivity contribution >= 4 is 17.3 Å². The van der Waals surface area contributed by atoms with Gasteiger partial charge in [0.15, 0.2) is 11.6 Å². The second-order valence-corrected chi connectivity index (χ2v) is 3.19. The van der Waals surface area contributed by atoms with E-state index in [1.807, 2.05) is 0 Å². The van der Waals surface area contributed by atoms with Crippen LogP contribution in [-0.2, 0) is 0 Å². The van der Waals surface area contributed by atoms with Crippen molar-refractivity contribution in [2.45, 2.75) is 0 Å². The fourth-order valence-electron chi connectivity index (χ4n) is 1.22. The molecule has 0 saturated carbocycles. The molecule has 0 aliphatic carbocycles. The van der Waals surface area contributed by atoms with E-state index in [0.29, 0.717) is 0 Å². The highest BCUT2D eigenvalue weighted by atomic mass is 16.6. The zero-order chi connectivity index (χ0) is 13.0. The van der Waals surface area contributed by atoms with Crippen LogP contribution >= 0.6 is 0 Å². The van der Waals surface area contributed by atoms with Gasteiger partial charge in [0.2, 0.25) is 0 Å². The summed E-state index contributed by atoms with van der Waals surface area (Å²) in [6, 6.07) is 3.03. The Balaban J connectivity index is 3.33. The summed E-state index contributed by atoms with van der Waals surface area (Å²) in [4.78, 5) is 32.2. The van der Waals surface area contributed by atoms with Crippen LogP contribution in [0, 0.1) is 10.1 Å². The lowest BCUT2D eigenvalue weighted by Crippen LogP contribution is -2.10. The van der Waals surface area contributed by atoms with E-state index in [0.717, 1.165) is 18.2 Å². The first-order valence-corrected chi connectivity index (χ1v) is 4.57. The Morgan fingerprint density at radius 2 is 1.47 bits per heavy atom. The number of benzene rings is 1. The summed E-state index contributed by atoms with van der Waals surface area (Å²) >= 11 is 0. The number of ketones is 2. The molecule has 1 aromatic rings. The minimum atomic E-state index is -0.812. The molecule has 90 valence electrons. The lowest BCUT2D eigenvalue weighted by atomic mass is 10.0. The van der Waals surface area contributed by atoms with E-state index >= 15 is 0 Å². The summed E-state index contributed by atoms with van der Waals surface area (Å²) in [6.45, 7) is -1.62. The normalized spacial score (nSPS) is 10.0. The predicted molar refractivity (Wildman–Crippen MR) is 55.9 cm³/mol. The second kappa shape index (κ2) is 5.28. The van der Waals surface area contributed by atoms with E-state index in [1.165, 1.54) is 0 Å². The van der Waals surface area contributed by atoms with Gasteiger partial charge in [-0.25, -0.2) is 0 Å².